The number of carbonyl (C=O) groups is 3. The lowest BCUT2D eigenvalue weighted by Crippen LogP contribution is -2.17. The number of nitro benzene ring substituents is 1. The molecule has 0 aliphatic carbocycles. The van der Waals surface area contributed by atoms with Crippen LogP contribution in [0.25, 0.3) is 0 Å². The first-order valence-corrected chi connectivity index (χ1v) is 9.05. The van der Waals surface area contributed by atoms with Crippen molar-refractivity contribution >= 4 is 40.6 Å². The Morgan fingerprint density at radius 3 is 2.45 bits per heavy atom. The second-order valence-corrected chi connectivity index (χ2v) is 6.76. The standard InChI is InChI=1S/C20H19ClN2O6/c1-12-3-5-15(9-13(12)2)22-19(25)7-8-20(26)29-11-18(24)14-4-6-16(21)17(10-14)23(27)28/h3-6,9-10H,7-8,11H2,1-2H3,(H,22,25). The number of ketones is 1. The van der Waals surface area contributed by atoms with E-state index in [1.54, 1.807) is 6.07 Å². The van der Waals surface area contributed by atoms with Crippen molar-refractivity contribution in [3.63, 3.8) is 0 Å². The molecule has 0 radical (unpaired) electrons. The van der Waals surface area contributed by atoms with Crippen LogP contribution in [-0.2, 0) is 14.3 Å². The average molecular weight is 419 g/mol. The summed E-state index contributed by atoms with van der Waals surface area (Å²) < 4.78 is 4.85. The molecule has 8 nitrogen and oxygen atoms in total. The van der Waals surface area contributed by atoms with Crippen molar-refractivity contribution in [3.05, 3.63) is 68.2 Å². The third kappa shape index (κ3) is 6.39. The van der Waals surface area contributed by atoms with Gasteiger partial charge in [-0.05, 0) is 49.2 Å². The Balaban J connectivity index is 1.81. The number of nitrogens with zero attached hydrogens (tertiary/aromatic N) is 1. The van der Waals surface area contributed by atoms with E-state index in [1.165, 1.54) is 12.1 Å². The molecule has 0 fully saturated rings. The number of Topliss-reactive ketones (excluding diaryl/α,β-unsaturated/α-hetero) is 1. The molecule has 2 aromatic carbocycles. The maximum absolute atomic E-state index is 12.1. The van der Waals surface area contributed by atoms with Gasteiger partial charge in [-0.3, -0.25) is 24.5 Å². The van der Waals surface area contributed by atoms with Gasteiger partial charge in [0.05, 0.1) is 11.3 Å². The van der Waals surface area contributed by atoms with Crippen LogP contribution in [0.15, 0.2) is 36.4 Å². The minimum atomic E-state index is -0.725. The molecule has 0 heterocycles. The molecule has 0 saturated heterocycles. The number of anilines is 1. The van der Waals surface area contributed by atoms with Crippen LogP contribution in [0.5, 0.6) is 0 Å². The van der Waals surface area contributed by atoms with Gasteiger partial charge in [0.2, 0.25) is 11.7 Å². The number of aryl methyl sites for hydroxylation is 2. The summed E-state index contributed by atoms with van der Waals surface area (Å²) >= 11 is 5.69. The van der Waals surface area contributed by atoms with E-state index in [0.717, 1.165) is 17.2 Å². The number of hydrogen-bond donors (Lipinski definition) is 1. The van der Waals surface area contributed by atoms with Crippen molar-refractivity contribution in [1.29, 1.82) is 0 Å². The van der Waals surface area contributed by atoms with E-state index < -0.39 is 29.0 Å². The summed E-state index contributed by atoms with van der Waals surface area (Å²) in [4.78, 5) is 45.9. The van der Waals surface area contributed by atoms with Gasteiger partial charge >= 0.3 is 5.97 Å². The number of ether oxygens (including phenoxy) is 1. The molecule has 0 atom stereocenters. The molecule has 29 heavy (non-hydrogen) atoms. The van der Waals surface area contributed by atoms with Gasteiger partial charge in [-0.25, -0.2) is 0 Å². The summed E-state index contributed by atoms with van der Waals surface area (Å²) in [5, 5.41) is 13.5. The highest BCUT2D eigenvalue weighted by molar-refractivity contribution is 6.32. The van der Waals surface area contributed by atoms with Crippen LogP contribution in [0.1, 0.15) is 34.3 Å². The van der Waals surface area contributed by atoms with Gasteiger partial charge in [0, 0.05) is 23.7 Å². The molecule has 0 unspecified atom stereocenters. The lowest BCUT2D eigenvalue weighted by Gasteiger charge is -2.08. The number of nitrogens with one attached hydrogen (secondary N) is 1. The molecule has 1 N–H and O–H groups in total. The Morgan fingerprint density at radius 2 is 1.79 bits per heavy atom. The fraction of sp³-hybridized carbons (Fsp3) is 0.250. The zero-order chi connectivity index (χ0) is 21.6. The molecule has 0 aliphatic rings. The first-order valence-electron chi connectivity index (χ1n) is 8.67. The summed E-state index contributed by atoms with van der Waals surface area (Å²) in [5.41, 5.74) is 2.35. The number of rotatable bonds is 8. The van der Waals surface area contributed by atoms with Gasteiger partial charge in [-0.15, -0.1) is 0 Å². The van der Waals surface area contributed by atoms with E-state index in [0.29, 0.717) is 5.69 Å². The van der Waals surface area contributed by atoms with Crippen molar-refractivity contribution in [2.45, 2.75) is 26.7 Å². The molecule has 0 aromatic heterocycles. The molecule has 0 bridgehead atoms. The molecule has 0 spiro atoms. The summed E-state index contributed by atoms with van der Waals surface area (Å²) in [6, 6.07) is 9.04. The zero-order valence-corrected chi connectivity index (χ0v) is 16.6. The SMILES string of the molecule is Cc1ccc(NC(=O)CCC(=O)OCC(=O)c2ccc(Cl)c([N+](=O)[O-])c2)cc1C. The highest BCUT2D eigenvalue weighted by Gasteiger charge is 2.17. The summed E-state index contributed by atoms with van der Waals surface area (Å²) in [6.07, 6.45) is -0.308. The molecule has 152 valence electrons. The van der Waals surface area contributed by atoms with Crippen LogP contribution in [0.2, 0.25) is 5.02 Å². The van der Waals surface area contributed by atoms with Crippen molar-refractivity contribution in [2.75, 3.05) is 11.9 Å². The predicted molar refractivity (Wildman–Crippen MR) is 107 cm³/mol. The largest absolute Gasteiger partial charge is 0.457 e. The number of nitro groups is 1. The summed E-state index contributed by atoms with van der Waals surface area (Å²) in [5.74, 6) is -1.69. The quantitative estimate of drug-likeness (QED) is 0.299. The summed E-state index contributed by atoms with van der Waals surface area (Å²) in [7, 11) is 0. The molecule has 2 rings (SSSR count). The van der Waals surface area contributed by atoms with Gasteiger partial charge in [0.25, 0.3) is 5.69 Å². The average Bonchev–Trinajstić information content (AvgIpc) is 2.67. The molecule has 0 aliphatic heterocycles. The minimum absolute atomic E-state index is 0.00128. The lowest BCUT2D eigenvalue weighted by atomic mass is 10.1. The van der Waals surface area contributed by atoms with Crippen LogP contribution in [0.3, 0.4) is 0 Å². The van der Waals surface area contributed by atoms with Crippen LogP contribution in [-0.4, -0.2) is 29.2 Å². The van der Waals surface area contributed by atoms with Gasteiger partial charge in [0.1, 0.15) is 5.02 Å². The van der Waals surface area contributed by atoms with Crippen molar-refractivity contribution < 1.29 is 24.0 Å². The van der Waals surface area contributed by atoms with Crippen LogP contribution >= 0.6 is 11.6 Å². The number of amides is 1. The van der Waals surface area contributed by atoms with E-state index in [4.69, 9.17) is 16.3 Å². The Hall–Kier alpha value is -3.26. The first kappa shape index (κ1) is 22.0. The lowest BCUT2D eigenvalue weighted by molar-refractivity contribution is -0.384. The normalized spacial score (nSPS) is 10.3. The van der Waals surface area contributed by atoms with Gasteiger partial charge in [-0.2, -0.15) is 0 Å². The Morgan fingerprint density at radius 1 is 1.07 bits per heavy atom. The Bertz CT molecular complexity index is 973. The molecular weight excluding hydrogens is 400 g/mol. The second-order valence-electron chi connectivity index (χ2n) is 6.35. The van der Waals surface area contributed by atoms with Crippen LogP contribution < -0.4 is 5.32 Å². The topological polar surface area (TPSA) is 116 Å². The van der Waals surface area contributed by atoms with E-state index in [2.05, 4.69) is 5.32 Å². The zero-order valence-electron chi connectivity index (χ0n) is 15.9. The maximum atomic E-state index is 12.1. The van der Waals surface area contributed by atoms with E-state index in [9.17, 15) is 24.5 Å². The van der Waals surface area contributed by atoms with E-state index >= 15 is 0 Å². The third-order valence-electron chi connectivity index (χ3n) is 4.18. The maximum Gasteiger partial charge on any atom is 0.306 e. The van der Waals surface area contributed by atoms with Crippen molar-refractivity contribution in [3.8, 4) is 0 Å². The molecule has 0 saturated carbocycles. The van der Waals surface area contributed by atoms with Crippen molar-refractivity contribution in [2.24, 2.45) is 0 Å². The van der Waals surface area contributed by atoms with Gasteiger partial charge in [0.15, 0.2) is 6.61 Å². The molecule has 1 amide bonds. The number of carbonyl (C=O) groups excluding carboxylic acids is 3. The van der Waals surface area contributed by atoms with Crippen LogP contribution in [0, 0.1) is 24.0 Å². The second kappa shape index (κ2) is 9.79. The van der Waals surface area contributed by atoms with Crippen LogP contribution in [0.4, 0.5) is 11.4 Å². The van der Waals surface area contributed by atoms with Gasteiger partial charge in [-0.1, -0.05) is 17.7 Å². The number of esters is 1. The number of benzene rings is 2. The van der Waals surface area contributed by atoms with Crippen molar-refractivity contribution in [1.82, 2.24) is 0 Å². The van der Waals surface area contributed by atoms with E-state index in [1.807, 2.05) is 26.0 Å². The third-order valence-corrected chi connectivity index (χ3v) is 4.50. The summed E-state index contributed by atoms with van der Waals surface area (Å²) in [6.45, 7) is 3.30. The fourth-order valence-electron chi connectivity index (χ4n) is 2.39. The molecule has 2 aromatic rings. The van der Waals surface area contributed by atoms with Gasteiger partial charge < -0.3 is 10.1 Å². The molecule has 9 heteroatoms. The smallest absolute Gasteiger partial charge is 0.306 e. The Labute approximate surface area is 172 Å². The highest BCUT2D eigenvalue weighted by atomic mass is 35.5. The Kier molecular flexibility index (Phi) is 7.44. The first-order chi connectivity index (χ1) is 13.7. The highest BCUT2D eigenvalue weighted by Crippen LogP contribution is 2.25. The molecular formula is C20H19ClN2O6. The minimum Gasteiger partial charge on any atom is -0.457 e. The number of halogens is 1. The van der Waals surface area contributed by atoms with E-state index in [-0.39, 0.29) is 29.3 Å². The number of hydrogen-bond acceptors (Lipinski definition) is 6. The fourth-order valence-corrected chi connectivity index (χ4v) is 2.57. The predicted octanol–water partition coefficient (Wildman–Crippen LogP) is 4.01. The monoisotopic (exact) mass is 418 g/mol.